The highest BCUT2D eigenvalue weighted by atomic mass is 35.5. The van der Waals surface area contributed by atoms with Gasteiger partial charge >= 0.3 is 0 Å². The minimum absolute atomic E-state index is 0.0506. The third kappa shape index (κ3) is 2.92. The van der Waals surface area contributed by atoms with Crippen LogP contribution in [0.15, 0.2) is 21.6 Å². The summed E-state index contributed by atoms with van der Waals surface area (Å²) >= 11 is 11.7. The molecule has 112 valence electrons. The first-order chi connectivity index (χ1) is 9.87. The van der Waals surface area contributed by atoms with Gasteiger partial charge in [0, 0.05) is 5.92 Å². The molecule has 0 amide bonds. The van der Waals surface area contributed by atoms with Gasteiger partial charge in [-0.3, -0.25) is 0 Å². The molecule has 0 saturated heterocycles. The summed E-state index contributed by atoms with van der Waals surface area (Å²) in [4.78, 5) is 3.85. The Morgan fingerprint density at radius 3 is 2.48 bits per heavy atom. The van der Waals surface area contributed by atoms with Gasteiger partial charge < -0.3 is 10.3 Å². The smallest absolute Gasteiger partial charge is 0.277 e. The molecule has 1 heterocycles. The molecule has 7 nitrogen and oxygen atoms in total. The predicted molar refractivity (Wildman–Crippen MR) is 78.0 cm³/mol. The van der Waals surface area contributed by atoms with Crippen molar-refractivity contribution in [3.63, 3.8) is 0 Å². The maximum Gasteiger partial charge on any atom is 0.277 e. The highest BCUT2D eigenvalue weighted by Crippen LogP contribution is 2.39. The highest BCUT2D eigenvalue weighted by molar-refractivity contribution is 7.92. The molecular weight excluding hydrogens is 339 g/mol. The second-order valence-electron chi connectivity index (χ2n) is 4.64. The molecular formula is C11H10Cl2N4O3S. The Bertz CT molecular complexity index is 779. The molecule has 10 heteroatoms. The molecule has 0 bridgehead atoms. The van der Waals surface area contributed by atoms with Crippen molar-refractivity contribution < 1.29 is 12.9 Å². The molecule has 1 aromatic heterocycles. The summed E-state index contributed by atoms with van der Waals surface area (Å²) in [5.41, 5.74) is 5.69. The van der Waals surface area contributed by atoms with E-state index < -0.39 is 10.0 Å². The van der Waals surface area contributed by atoms with Gasteiger partial charge in [0.15, 0.2) is 0 Å². The van der Waals surface area contributed by atoms with Gasteiger partial charge in [-0.25, -0.2) is 13.1 Å². The summed E-state index contributed by atoms with van der Waals surface area (Å²) in [5.74, 6) is 0.540. The number of hydrogen-bond donors (Lipinski definition) is 2. The van der Waals surface area contributed by atoms with Crippen LogP contribution in [0.5, 0.6) is 0 Å². The van der Waals surface area contributed by atoms with Gasteiger partial charge in [0.25, 0.3) is 16.0 Å². The molecule has 1 fully saturated rings. The molecule has 1 aromatic carbocycles. The van der Waals surface area contributed by atoms with Crippen molar-refractivity contribution in [1.82, 2.24) is 10.1 Å². The lowest BCUT2D eigenvalue weighted by molar-refractivity contribution is 0.380. The van der Waals surface area contributed by atoms with E-state index in [9.17, 15) is 8.42 Å². The zero-order chi connectivity index (χ0) is 15.2. The van der Waals surface area contributed by atoms with Gasteiger partial charge in [-0.1, -0.05) is 23.2 Å². The van der Waals surface area contributed by atoms with Crippen molar-refractivity contribution in [3.8, 4) is 0 Å². The van der Waals surface area contributed by atoms with Crippen molar-refractivity contribution in [2.24, 2.45) is 0 Å². The summed E-state index contributed by atoms with van der Waals surface area (Å²) < 4.78 is 31.6. The fourth-order valence-corrected chi connectivity index (χ4v) is 3.27. The van der Waals surface area contributed by atoms with Gasteiger partial charge in [0.2, 0.25) is 5.89 Å². The number of nitrogens with zero attached hydrogens (tertiary/aromatic N) is 2. The second-order valence-corrected chi connectivity index (χ2v) is 7.13. The number of halogens is 2. The topological polar surface area (TPSA) is 111 Å². The van der Waals surface area contributed by atoms with E-state index in [1.54, 1.807) is 0 Å². The first kappa shape index (κ1) is 14.4. The number of rotatable bonds is 4. The van der Waals surface area contributed by atoms with Gasteiger partial charge in [0.05, 0.1) is 20.6 Å². The lowest BCUT2D eigenvalue weighted by atomic mass is 10.3. The van der Waals surface area contributed by atoms with Crippen LogP contribution in [-0.4, -0.2) is 18.6 Å². The predicted octanol–water partition coefficient (Wildman–Crippen LogP) is 2.64. The maximum absolute atomic E-state index is 12.2. The van der Waals surface area contributed by atoms with Crippen molar-refractivity contribution in [3.05, 3.63) is 28.1 Å². The lowest BCUT2D eigenvalue weighted by Crippen LogP contribution is -2.14. The standard InChI is InChI=1S/C11H10Cl2N4O3S/c12-7-3-6(4-8(13)9(7)14)21(18,19)17-11-15-10(20-16-11)5-1-2-5/h3-5H,1-2,14H2,(H,16,17). The van der Waals surface area contributed by atoms with Gasteiger partial charge in [-0.15, -0.1) is 0 Å². The highest BCUT2D eigenvalue weighted by Gasteiger charge is 2.30. The molecule has 3 rings (SSSR count). The number of hydrogen-bond acceptors (Lipinski definition) is 6. The number of sulfonamides is 1. The molecule has 1 aliphatic rings. The minimum Gasteiger partial charge on any atom is -0.396 e. The van der Waals surface area contributed by atoms with E-state index in [1.807, 2.05) is 0 Å². The average molecular weight is 349 g/mol. The largest absolute Gasteiger partial charge is 0.396 e. The number of aromatic nitrogens is 2. The van der Waals surface area contributed by atoms with Crippen LogP contribution in [0.1, 0.15) is 24.7 Å². The van der Waals surface area contributed by atoms with Crippen LogP contribution in [0.2, 0.25) is 10.0 Å². The zero-order valence-electron chi connectivity index (χ0n) is 10.5. The van der Waals surface area contributed by atoms with E-state index in [0.717, 1.165) is 12.8 Å². The zero-order valence-corrected chi connectivity index (χ0v) is 12.8. The Morgan fingerprint density at radius 2 is 1.90 bits per heavy atom. The fraction of sp³-hybridized carbons (Fsp3) is 0.273. The quantitative estimate of drug-likeness (QED) is 0.821. The number of nitrogens with one attached hydrogen (secondary N) is 1. The van der Waals surface area contributed by atoms with E-state index in [1.165, 1.54) is 12.1 Å². The van der Waals surface area contributed by atoms with Crippen LogP contribution < -0.4 is 10.5 Å². The molecule has 0 unspecified atom stereocenters. The van der Waals surface area contributed by atoms with E-state index in [2.05, 4.69) is 14.9 Å². The number of nitrogens with two attached hydrogens (primary N) is 1. The molecule has 21 heavy (non-hydrogen) atoms. The summed E-state index contributed by atoms with van der Waals surface area (Å²) in [6, 6.07) is 2.40. The van der Waals surface area contributed by atoms with Crippen LogP contribution in [0.25, 0.3) is 0 Å². The van der Waals surface area contributed by atoms with Crippen molar-refractivity contribution in [1.29, 1.82) is 0 Å². The fourth-order valence-electron chi connectivity index (χ4n) is 1.67. The summed E-state index contributed by atoms with van der Waals surface area (Å²) in [6.45, 7) is 0. The first-order valence-corrected chi connectivity index (χ1v) is 8.21. The lowest BCUT2D eigenvalue weighted by Gasteiger charge is -2.07. The minimum atomic E-state index is -3.93. The first-order valence-electron chi connectivity index (χ1n) is 5.98. The number of benzene rings is 1. The Morgan fingerprint density at radius 1 is 1.29 bits per heavy atom. The Hall–Kier alpha value is -1.51. The average Bonchev–Trinajstić information content (AvgIpc) is 3.16. The van der Waals surface area contributed by atoms with Gasteiger partial charge in [0.1, 0.15) is 0 Å². The molecule has 0 spiro atoms. The molecule has 2 aromatic rings. The van der Waals surface area contributed by atoms with E-state index in [0.29, 0.717) is 5.89 Å². The number of nitrogen functional groups attached to an aromatic ring is 1. The maximum atomic E-state index is 12.2. The number of anilines is 2. The molecule has 0 atom stereocenters. The van der Waals surface area contributed by atoms with Crippen LogP contribution >= 0.6 is 23.2 Å². The Labute approximate surface area is 130 Å². The van der Waals surface area contributed by atoms with E-state index in [4.69, 9.17) is 33.5 Å². The molecule has 1 saturated carbocycles. The summed E-state index contributed by atoms with van der Waals surface area (Å²) in [5, 5.41) is 3.68. The van der Waals surface area contributed by atoms with Crippen LogP contribution in [0.4, 0.5) is 11.6 Å². The third-order valence-corrected chi connectivity index (χ3v) is 4.89. The second kappa shape index (κ2) is 5.04. The van der Waals surface area contributed by atoms with E-state index in [-0.39, 0.29) is 32.5 Å². The molecule has 3 N–H and O–H groups in total. The van der Waals surface area contributed by atoms with Crippen molar-refractivity contribution >= 4 is 44.9 Å². The molecule has 1 aliphatic carbocycles. The summed E-state index contributed by atoms with van der Waals surface area (Å²) in [7, 11) is -3.93. The molecule has 0 radical (unpaired) electrons. The van der Waals surface area contributed by atoms with E-state index >= 15 is 0 Å². The van der Waals surface area contributed by atoms with Crippen LogP contribution in [-0.2, 0) is 10.0 Å². The summed E-state index contributed by atoms with van der Waals surface area (Å²) in [6.07, 6.45) is 1.94. The van der Waals surface area contributed by atoms with Gasteiger partial charge in [-0.05, 0) is 30.1 Å². The molecule has 0 aliphatic heterocycles. The third-order valence-electron chi connectivity index (χ3n) is 2.96. The van der Waals surface area contributed by atoms with Crippen molar-refractivity contribution in [2.75, 3.05) is 10.5 Å². The van der Waals surface area contributed by atoms with Gasteiger partial charge in [-0.2, -0.15) is 4.98 Å². The Balaban J connectivity index is 1.88. The Kier molecular flexibility index (Phi) is 3.46. The monoisotopic (exact) mass is 348 g/mol. The van der Waals surface area contributed by atoms with Crippen LogP contribution in [0.3, 0.4) is 0 Å². The SMILES string of the molecule is Nc1c(Cl)cc(S(=O)(=O)Nc2noc(C3CC3)n2)cc1Cl. The van der Waals surface area contributed by atoms with Crippen molar-refractivity contribution in [2.45, 2.75) is 23.7 Å². The van der Waals surface area contributed by atoms with Crippen LogP contribution in [0, 0.1) is 0 Å². The normalized spacial score (nSPS) is 15.1.